The predicted molar refractivity (Wildman–Crippen MR) is 68.7 cm³/mol. The van der Waals surface area contributed by atoms with Crippen LogP contribution in [-0.4, -0.2) is 30.4 Å². The second-order valence-corrected chi connectivity index (χ2v) is 3.62. The number of nitrogens with zero attached hydrogens (tertiary/aromatic N) is 1. The summed E-state index contributed by atoms with van der Waals surface area (Å²) in [5.41, 5.74) is 6.84. The van der Waals surface area contributed by atoms with E-state index in [1.807, 2.05) is 6.07 Å². The number of hydrogen-bond donors (Lipinski definition) is 1. The Hall–Kier alpha value is -0.280. The molecule has 0 amide bonds. The zero-order valence-corrected chi connectivity index (χ0v) is 10.3. The monoisotopic (exact) mass is 248 g/mol. The second kappa shape index (κ2) is 8.98. The Balaban J connectivity index is 0.00000196. The summed E-state index contributed by atoms with van der Waals surface area (Å²) in [6, 6.07) is 10.4. The minimum atomic E-state index is 0. The predicted octanol–water partition coefficient (Wildman–Crippen LogP) is 2.11. The number of hydrogen-bond acceptors (Lipinski definition) is 2. The molecule has 0 spiro atoms. The molecule has 0 unspecified atom stereocenters. The van der Waals surface area contributed by atoms with E-state index in [0.29, 0.717) is 12.4 Å². The molecular weight excluding hydrogens is 231 g/mol. The molecule has 2 nitrogen and oxygen atoms in total. The summed E-state index contributed by atoms with van der Waals surface area (Å²) in [7, 11) is 0. The van der Waals surface area contributed by atoms with E-state index in [1.54, 1.807) is 0 Å². The number of alkyl halides is 1. The first-order valence-corrected chi connectivity index (χ1v) is 5.42. The van der Waals surface area contributed by atoms with Crippen molar-refractivity contribution in [3.8, 4) is 0 Å². The summed E-state index contributed by atoms with van der Waals surface area (Å²) in [6.07, 6.45) is 0. The van der Waals surface area contributed by atoms with Crippen molar-refractivity contribution in [3.63, 3.8) is 0 Å². The van der Waals surface area contributed by atoms with Gasteiger partial charge in [-0.1, -0.05) is 30.3 Å². The maximum absolute atomic E-state index is 5.72. The number of halogens is 2. The fourth-order valence-corrected chi connectivity index (χ4v) is 1.65. The minimum absolute atomic E-state index is 0. The van der Waals surface area contributed by atoms with Crippen LogP contribution >= 0.6 is 24.0 Å². The van der Waals surface area contributed by atoms with Gasteiger partial charge in [-0.15, -0.1) is 24.0 Å². The van der Waals surface area contributed by atoms with Gasteiger partial charge in [0.25, 0.3) is 0 Å². The summed E-state index contributed by atoms with van der Waals surface area (Å²) < 4.78 is 0. The van der Waals surface area contributed by atoms with Crippen LogP contribution in [0.3, 0.4) is 0 Å². The van der Waals surface area contributed by atoms with E-state index >= 15 is 0 Å². The maximum Gasteiger partial charge on any atom is 0.0351 e. The largest absolute Gasteiger partial charge is 0.329 e. The van der Waals surface area contributed by atoms with Crippen LogP contribution in [0.25, 0.3) is 0 Å². The Morgan fingerprint density at radius 3 is 2.33 bits per heavy atom. The highest BCUT2D eigenvalue weighted by atomic mass is 35.5. The van der Waals surface area contributed by atoms with Gasteiger partial charge >= 0.3 is 0 Å². The molecule has 0 radical (unpaired) electrons. The molecule has 1 aromatic carbocycles. The first-order chi connectivity index (χ1) is 6.86. The van der Waals surface area contributed by atoms with E-state index in [-0.39, 0.29) is 12.4 Å². The van der Waals surface area contributed by atoms with Crippen LogP contribution in [0.15, 0.2) is 30.3 Å². The van der Waals surface area contributed by atoms with Gasteiger partial charge in [0.1, 0.15) is 0 Å². The van der Waals surface area contributed by atoms with E-state index in [9.17, 15) is 0 Å². The summed E-state index contributed by atoms with van der Waals surface area (Å²) in [6.45, 7) is 3.42. The average molecular weight is 249 g/mol. The number of nitrogens with two attached hydrogens (primary N) is 1. The molecule has 15 heavy (non-hydrogen) atoms. The summed E-state index contributed by atoms with van der Waals surface area (Å²) in [5, 5.41) is 0. The average Bonchev–Trinajstić information content (AvgIpc) is 2.20. The van der Waals surface area contributed by atoms with E-state index in [2.05, 4.69) is 29.2 Å². The second-order valence-electron chi connectivity index (χ2n) is 3.24. The first kappa shape index (κ1) is 14.7. The lowest BCUT2D eigenvalue weighted by Gasteiger charge is -2.20. The minimum Gasteiger partial charge on any atom is -0.329 e. The summed E-state index contributed by atoms with van der Waals surface area (Å²) in [4.78, 5) is 2.27. The van der Waals surface area contributed by atoms with Crippen LogP contribution in [0.4, 0.5) is 0 Å². The van der Waals surface area contributed by atoms with E-state index in [1.165, 1.54) is 5.56 Å². The third-order valence-electron chi connectivity index (χ3n) is 2.10. The van der Waals surface area contributed by atoms with E-state index in [4.69, 9.17) is 17.3 Å². The molecular formula is C11H18Cl2N2. The molecule has 0 bridgehead atoms. The molecule has 4 heteroatoms. The van der Waals surface area contributed by atoms with Crippen molar-refractivity contribution in [2.24, 2.45) is 5.73 Å². The van der Waals surface area contributed by atoms with Crippen molar-refractivity contribution in [2.45, 2.75) is 6.54 Å². The van der Waals surface area contributed by atoms with Gasteiger partial charge in [0.2, 0.25) is 0 Å². The highest BCUT2D eigenvalue weighted by molar-refractivity contribution is 6.18. The normalized spacial score (nSPS) is 10.1. The van der Waals surface area contributed by atoms with Gasteiger partial charge in [0.05, 0.1) is 0 Å². The lowest BCUT2D eigenvalue weighted by Crippen LogP contribution is -2.30. The third-order valence-corrected chi connectivity index (χ3v) is 2.26. The Morgan fingerprint density at radius 2 is 1.80 bits per heavy atom. The molecule has 86 valence electrons. The van der Waals surface area contributed by atoms with Crippen molar-refractivity contribution in [2.75, 3.05) is 25.5 Å². The van der Waals surface area contributed by atoms with Gasteiger partial charge in [0, 0.05) is 32.1 Å². The van der Waals surface area contributed by atoms with Gasteiger partial charge in [-0.2, -0.15) is 0 Å². The number of benzene rings is 1. The van der Waals surface area contributed by atoms with Gasteiger partial charge in [0.15, 0.2) is 0 Å². The van der Waals surface area contributed by atoms with Gasteiger partial charge in [-0.25, -0.2) is 0 Å². The molecule has 0 saturated carbocycles. The van der Waals surface area contributed by atoms with Crippen molar-refractivity contribution in [1.82, 2.24) is 4.90 Å². The van der Waals surface area contributed by atoms with Gasteiger partial charge < -0.3 is 5.73 Å². The quantitative estimate of drug-likeness (QED) is 0.782. The van der Waals surface area contributed by atoms with Crippen LogP contribution in [0.1, 0.15) is 5.56 Å². The third kappa shape index (κ3) is 6.00. The Labute approximate surface area is 103 Å². The standard InChI is InChI=1S/C11H17ClN2.ClH/c12-6-8-14(9-7-13)10-11-4-2-1-3-5-11;/h1-5H,6-10,13H2;1H. The van der Waals surface area contributed by atoms with Crippen molar-refractivity contribution >= 4 is 24.0 Å². The molecule has 0 aliphatic carbocycles. The highest BCUT2D eigenvalue weighted by Gasteiger charge is 2.03. The van der Waals surface area contributed by atoms with Crippen LogP contribution in [0.5, 0.6) is 0 Å². The van der Waals surface area contributed by atoms with Crippen LogP contribution in [-0.2, 0) is 6.54 Å². The lowest BCUT2D eigenvalue weighted by atomic mass is 10.2. The first-order valence-electron chi connectivity index (χ1n) is 4.89. The molecule has 0 fully saturated rings. The molecule has 2 N–H and O–H groups in total. The molecule has 0 saturated heterocycles. The Kier molecular flexibility index (Phi) is 8.82. The Bertz CT molecular complexity index is 236. The summed E-state index contributed by atoms with van der Waals surface area (Å²) in [5.74, 6) is 0.660. The lowest BCUT2D eigenvalue weighted by molar-refractivity contribution is 0.290. The van der Waals surface area contributed by atoms with Crippen molar-refractivity contribution < 1.29 is 0 Å². The van der Waals surface area contributed by atoms with Crippen molar-refractivity contribution in [1.29, 1.82) is 0 Å². The Morgan fingerprint density at radius 1 is 1.13 bits per heavy atom. The van der Waals surface area contributed by atoms with E-state index < -0.39 is 0 Å². The molecule has 1 rings (SSSR count). The molecule has 0 atom stereocenters. The maximum atomic E-state index is 5.72. The molecule has 0 aliphatic rings. The van der Waals surface area contributed by atoms with Crippen LogP contribution < -0.4 is 5.73 Å². The van der Waals surface area contributed by atoms with Crippen molar-refractivity contribution in [3.05, 3.63) is 35.9 Å². The van der Waals surface area contributed by atoms with Crippen LogP contribution in [0.2, 0.25) is 0 Å². The van der Waals surface area contributed by atoms with E-state index in [0.717, 1.165) is 19.6 Å². The van der Waals surface area contributed by atoms with Gasteiger partial charge in [-0.05, 0) is 5.56 Å². The summed E-state index contributed by atoms with van der Waals surface area (Å²) >= 11 is 5.72. The molecule has 1 aromatic rings. The zero-order valence-electron chi connectivity index (χ0n) is 8.73. The van der Waals surface area contributed by atoms with Crippen LogP contribution in [0, 0.1) is 0 Å². The SMILES string of the molecule is Cl.NCCN(CCCl)Cc1ccccc1. The smallest absolute Gasteiger partial charge is 0.0351 e. The number of rotatable bonds is 6. The fourth-order valence-electron chi connectivity index (χ4n) is 1.41. The molecule has 0 aliphatic heterocycles. The fraction of sp³-hybridized carbons (Fsp3) is 0.455. The topological polar surface area (TPSA) is 29.3 Å². The highest BCUT2D eigenvalue weighted by Crippen LogP contribution is 2.03. The zero-order chi connectivity index (χ0) is 10.2. The molecule has 0 heterocycles. The molecule has 0 aromatic heterocycles. The van der Waals surface area contributed by atoms with Gasteiger partial charge in [-0.3, -0.25) is 4.90 Å².